The van der Waals surface area contributed by atoms with Crippen LogP contribution in [-0.4, -0.2) is 38.9 Å². The van der Waals surface area contributed by atoms with E-state index in [-0.39, 0.29) is 6.04 Å². The molecule has 1 saturated carbocycles. The van der Waals surface area contributed by atoms with Crippen LogP contribution in [0.2, 0.25) is 0 Å². The maximum absolute atomic E-state index is 11.5. The van der Waals surface area contributed by atoms with Crippen molar-refractivity contribution in [1.82, 2.24) is 9.03 Å². The molecule has 3 N–H and O–H groups in total. The lowest BCUT2D eigenvalue weighted by Crippen LogP contribution is -2.41. The van der Waals surface area contributed by atoms with Gasteiger partial charge in [-0.05, 0) is 25.8 Å². The Morgan fingerprint density at radius 3 is 2.54 bits per heavy atom. The van der Waals surface area contributed by atoms with Gasteiger partial charge in [0.15, 0.2) is 0 Å². The summed E-state index contributed by atoms with van der Waals surface area (Å²) in [6, 6.07) is 0.212. The van der Waals surface area contributed by atoms with Crippen molar-refractivity contribution in [3.05, 3.63) is 0 Å². The van der Waals surface area contributed by atoms with E-state index in [1.807, 2.05) is 0 Å². The second-order valence-electron chi connectivity index (χ2n) is 3.19. The first-order valence-corrected chi connectivity index (χ1v) is 5.96. The van der Waals surface area contributed by atoms with Crippen molar-refractivity contribution in [3.63, 3.8) is 0 Å². The minimum absolute atomic E-state index is 0.212. The van der Waals surface area contributed by atoms with Crippen molar-refractivity contribution < 1.29 is 8.42 Å². The summed E-state index contributed by atoms with van der Waals surface area (Å²) in [5.41, 5.74) is 5.34. The molecule has 0 aromatic heterocycles. The van der Waals surface area contributed by atoms with E-state index in [1.54, 1.807) is 0 Å². The Morgan fingerprint density at radius 2 is 2.15 bits per heavy atom. The Balaban J connectivity index is 2.56. The van der Waals surface area contributed by atoms with Gasteiger partial charge in [0.05, 0.1) is 0 Å². The van der Waals surface area contributed by atoms with Crippen LogP contribution in [0.1, 0.15) is 19.3 Å². The fourth-order valence-electron chi connectivity index (χ4n) is 1.23. The third kappa shape index (κ3) is 2.91. The molecule has 0 aliphatic heterocycles. The first kappa shape index (κ1) is 10.9. The standard InChI is InChI=1S/C7H17N3O2S/c1-9-13(11,12)10(6-2-5-8)7-3-4-7/h7,9H,2-6,8H2,1H3. The Hall–Kier alpha value is -0.170. The molecule has 0 radical (unpaired) electrons. The minimum atomic E-state index is -3.24. The van der Waals surface area contributed by atoms with Crippen LogP contribution in [0.4, 0.5) is 0 Å². The van der Waals surface area contributed by atoms with Gasteiger partial charge < -0.3 is 5.73 Å². The normalized spacial score (nSPS) is 18.1. The third-order valence-corrected chi connectivity index (χ3v) is 3.72. The van der Waals surface area contributed by atoms with Crippen molar-refractivity contribution in [3.8, 4) is 0 Å². The van der Waals surface area contributed by atoms with E-state index in [1.165, 1.54) is 11.4 Å². The largest absolute Gasteiger partial charge is 0.330 e. The summed E-state index contributed by atoms with van der Waals surface area (Å²) >= 11 is 0. The highest BCUT2D eigenvalue weighted by Crippen LogP contribution is 2.28. The van der Waals surface area contributed by atoms with E-state index in [4.69, 9.17) is 5.73 Å². The molecular formula is C7H17N3O2S. The molecule has 78 valence electrons. The molecule has 0 aromatic rings. The van der Waals surface area contributed by atoms with Gasteiger partial charge in [0.1, 0.15) is 0 Å². The highest BCUT2D eigenvalue weighted by molar-refractivity contribution is 7.87. The monoisotopic (exact) mass is 207 g/mol. The lowest BCUT2D eigenvalue weighted by Gasteiger charge is -2.20. The average Bonchev–Trinajstić information content (AvgIpc) is 2.89. The number of nitrogens with one attached hydrogen (secondary N) is 1. The number of hydrogen-bond donors (Lipinski definition) is 2. The molecule has 1 rings (SSSR count). The van der Waals surface area contributed by atoms with Crippen LogP contribution in [0.25, 0.3) is 0 Å². The van der Waals surface area contributed by atoms with Crippen molar-refractivity contribution in [2.75, 3.05) is 20.1 Å². The van der Waals surface area contributed by atoms with Crippen LogP contribution in [0, 0.1) is 0 Å². The highest BCUT2D eigenvalue weighted by atomic mass is 32.2. The topological polar surface area (TPSA) is 75.4 Å². The van der Waals surface area contributed by atoms with Gasteiger partial charge in [-0.2, -0.15) is 12.7 Å². The van der Waals surface area contributed by atoms with Crippen molar-refractivity contribution >= 4 is 10.2 Å². The fourth-order valence-corrected chi connectivity index (χ4v) is 2.43. The Morgan fingerprint density at radius 1 is 1.54 bits per heavy atom. The van der Waals surface area contributed by atoms with Crippen LogP contribution < -0.4 is 10.5 Å². The van der Waals surface area contributed by atoms with Crippen LogP contribution in [-0.2, 0) is 10.2 Å². The van der Waals surface area contributed by atoms with Crippen LogP contribution in [0.3, 0.4) is 0 Å². The van der Waals surface area contributed by atoms with Gasteiger partial charge >= 0.3 is 0 Å². The zero-order valence-electron chi connectivity index (χ0n) is 7.86. The molecule has 1 aliphatic rings. The molecule has 0 amide bonds. The number of hydrogen-bond acceptors (Lipinski definition) is 3. The summed E-state index contributed by atoms with van der Waals surface area (Å²) in [5, 5.41) is 0. The van der Waals surface area contributed by atoms with Gasteiger partial charge in [-0.3, -0.25) is 0 Å². The maximum atomic E-state index is 11.5. The van der Waals surface area contributed by atoms with E-state index < -0.39 is 10.2 Å². The molecule has 0 spiro atoms. The number of rotatable bonds is 6. The molecule has 5 nitrogen and oxygen atoms in total. The molecule has 0 heterocycles. The SMILES string of the molecule is CNS(=O)(=O)N(CCCN)C1CC1. The Kier molecular flexibility index (Phi) is 3.66. The molecule has 0 atom stereocenters. The number of nitrogens with two attached hydrogens (primary N) is 1. The van der Waals surface area contributed by atoms with Crippen molar-refractivity contribution in [2.45, 2.75) is 25.3 Å². The molecule has 1 aliphatic carbocycles. The minimum Gasteiger partial charge on any atom is -0.330 e. The third-order valence-electron chi connectivity index (χ3n) is 2.10. The molecule has 13 heavy (non-hydrogen) atoms. The molecule has 0 bridgehead atoms. The Labute approximate surface area is 79.5 Å². The van der Waals surface area contributed by atoms with Crippen LogP contribution in [0.15, 0.2) is 0 Å². The quantitative estimate of drug-likeness (QED) is 0.602. The summed E-state index contributed by atoms with van der Waals surface area (Å²) < 4.78 is 26.8. The van der Waals surface area contributed by atoms with E-state index in [9.17, 15) is 8.42 Å². The summed E-state index contributed by atoms with van der Waals surface area (Å²) in [7, 11) is -1.80. The molecule has 0 saturated heterocycles. The van der Waals surface area contributed by atoms with Crippen molar-refractivity contribution in [2.24, 2.45) is 5.73 Å². The van der Waals surface area contributed by atoms with Crippen LogP contribution in [0.5, 0.6) is 0 Å². The summed E-state index contributed by atoms with van der Waals surface area (Å²) in [6.45, 7) is 1.06. The fraction of sp³-hybridized carbons (Fsp3) is 1.00. The maximum Gasteiger partial charge on any atom is 0.279 e. The van der Waals surface area contributed by atoms with Gasteiger partial charge in [0.25, 0.3) is 10.2 Å². The molecular weight excluding hydrogens is 190 g/mol. The summed E-state index contributed by atoms with van der Waals surface area (Å²) in [6.07, 6.45) is 2.67. The first-order chi connectivity index (χ1) is 6.11. The molecule has 0 unspecified atom stereocenters. The van der Waals surface area contributed by atoms with E-state index in [0.717, 1.165) is 19.3 Å². The molecule has 6 heteroatoms. The highest BCUT2D eigenvalue weighted by Gasteiger charge is 2.35. The van der Waals surface area contributed by atoms with Gasteiger partial charge in [-0.1, -0.05) is 0 Å². The molecule has 0 aromatic carbocycles. The average molecular weight is 207 g/mol. The smallest absolute Gasteiger partial charge is 0.279 e. The Bertz CT molecular complexity index is 248. The van der Waals surface area contributed by atoms with Crippen molar-refractivity contribution in [1.29, 1.82) is 0 Å². The van der Waals surface area contributed by atoms with Gasteiger partial charge in [0.2, 0.25) is 0 Å². The number of nitrogens with zero attached hydrogens (tertiary/aromatic N) is 1. The second-order valence-corrected chi connectivity index (χ2v) is 5.02. The lowest BCUT2D eigenvalue weighted by atomic mass is 10.4. The van der Waals surface area contributed by atoms with E-state index >= 15 is 0 Å². The van der Waals surface area contributed by atoms with Gasteiger partial charge in [-0.25, -0.2) is 4.72 Å². The van der Waals surface area contributed by atoms with Gasteiger partial charge in [-0.15, -0.1) is 0 Å². The molecule has 1 fully saturated rings. The lowest BCUT2D eigenvalue weighted by molar-refractivity contribution is 0.394. The summed E-state index contributed by atoms with van der Waals surface area (Å²) in [5.74, 6) is 0. The van der Waals surface area contributed by atoms with E-state index in [2.05, 4.69) is 4.72 Å². The summed E-state index contributed by atoms with van der Waals surface area (Å²) in [4.78, 5) is 0. The predicted molar refractivity (Wildman–Crippen MR) is 51.4 cm³/mol. The zero-order chi connectivity index (χ0) is 9.90. The zero-order valence-corrected chi connectivity index (χ0v) is 8.68. The predicted octanol–water partition coefficient (Wildman–Crippen LogP) is -0.736. The van der Waals surface area contributed by atoms with E-state index in [0.29, 0.717) is 13.1 Å². The second kappa shape index (κ2) is 4.36. The first-order valence-electron chi connectivity index (χ1n) is 4.52. The van der Waals surface area contributed by atoms with Gasteiger partial charge in [0, 0.05) is 19.6 Å². The van der Waals surface area contributed by atoms with Crippen LogP contribution >= 0.6 is 0 Å².